The Bertz CT molecular complexity index is 3540. The SMILES string of the molecule is c1ccc(-c2cc(-c3ccccc3)nc(-c3ccc(-c4nc(-c5ccccc5)nc(-n5c6ccccc6c6cc7c8ccccc8n(-c8ccccc8)c7cc65)n4)cc3)n2)cc1. The first-order chi connectivity index (χ1) is 30.7. The highest BCUT2D eigenvalue weighted by molar-refractivity contribution is 6.19. The van der Waals surface area contributed by atoms with E-state index < -0.39 is 0 Å². The number of hydrogen-bond acceptors (Lipinski definition) is 5. The van der Waals surface area contributed by atoms with Gasteiger partial charge in [0.05, 0.1) is 33.5 Å². The number of aromatic nitrogens is 7. The summed E-state index contributed by atoms with van der Waals surface area (Å²) < 4.78 is 4.54. The van der Waals surface area contributed by atoms with E-state index in [4.69, 9.17) is 24.9 Å². The molecule has 0 aliphatic carbocycles. The van der Waals surface area contributed by atoms with Gasteiger partial charge in [-0.2, -0.15) is 9.97 Å². The third-order valence-electron chi connectivity index (χ3n) is 11.6. The zero-order valence-corrected chi connectivity index (χ0v) is 33.3. The normalized spacial score (nSPS) is 11.5. The molecule has 0 spiro atoms. The predicted octanol–water partition coefficient (Wildman–Crippen LogP) is 13.2. The van der Waals surface area contributed by atoms with Crippen LogP contribution in [0.4, 0.5) is 0 Å². The van der Waals surface area contributed by atoms with E-state index in [9.17, 15) is 0 Å². The third-order valence-corrected chi connectivity index (χ3v) is 11.6. The minimum absolute atomic E-state index is 0.539. The fraction of sp³-hybridized carbons (Fsp3) is 0. The Labute approximate surface area is 356 Å². The smallest absolute Gasteiger partial charge is 0.238 e. The second-order valence-electron chi connectivity index (χ2n) is 15.3. The summed E-state index contributed by atoms with van der Waals surface area (Å²) in [5, 5.41) is 4.65. The van der Waals surface area contributed by atoms with E-state index in [2.05, 4.69) is 155 Å². The van der Waals surface area contributed by atoms with Crippen LogP contribution in [0.15, 0.2) is 212 Å². The summed E-state index contributed by atoms with van der Waals surface area (Å²) in [4.78, 5) is 25.8. The molecule has 0 unspecified atom stereocenters. The van der Waals surface area contributed by atoms with E-state index in [1.54, 1.807) is 0 Å². The van der Waals surface area contributed by atoms with Crippen LogP contribution in [0.25, 0.3) is 112 Å². The highest BCUT2D eigenvalue weighted by atomic mass is 15.2. The summed E-state index contributed by atoms with van der Waals surface area (Å²) >= 11 is 0. The van der Waals surface area contributed by atoms with Crippen LogP contribution >= 0.6 is 0 Å². The van der Waals surface area contributed by atoms with Crippen molar-refractivity contribution in [2.75, 3.05) is 0 Å². The highest BCUT2D eigenvalue weighted by Gasteiger charge is 2.21. The molecule has 290 valence electrons. The van der Waals surface area contributed by atoms with E-state index in [1.807, 2.05) is 66.7 Å². The minimum atomic E-state index is 0.539. The van der Waals surface area contributed by atoms with Gasteiger partial charge in [0.2, 0.25) is 5.95 Å². The molecule has 0 aliphatic heterocycles. The van der Waals surface area contributed by atoms with Crippen molar-refractivity contribution in [2.45, 2.75) is 0 Å². The van der Waals surface area contributed by atoms with Crippen molar-refractivity contribution in [1.29, 1.82) is 0 Å². The molecule has 8 aromatic carbocycles. The van der Waals surface area contributed by atoms with Gasteiger partial charge in [0.1, 0.15) is 0 Å². The molecule has 0 saturated carbocycles. The van der Waals surface area contributed by atoms with Gasteiger partial charge < -0.3 is 4.57 Å². The molecule has 0 saturated heterocycles. The molecule has 7 nitrogen and oxygen atoms in total. The van der Waals surface area contributed by atoms with Crippen molar-refractivity contribution in [2.24, 2.45) is 0 Å². The lowest BCUT2D eigenvalue weighted by Crippen LogP contribution is -2.06. The van der Waals surface area contributed by atoms with Gasteiger partial charge in [-0.15, -0.1) is 0 Å². The average Bonchev–Trinajstić information content (AvgIpc) is 3.86. The van der Waals surface area contributed by atoms with Crippen LogP contribution in [0, 0.1) is 0 Å². The molecule has 0 radical (unpaired) electrons. The van der Waals surface area contributed by atoms with Crippen molar-refractivity contribution in [3.8, 4) is 68.3 Å². The molecule has 0 N–H and O–H groups in total. The van der Waals surface area contributed by atoms with Gasteiger partial charge >= 0.3 is 0 Å². The number of nitrogens with zero attached hydrogens (tertiary/aromatic N) is 7. The van der Waals surface area contributed by atoms with Crippen molar-refractivity contribution < 1.29 is 0 Å². The quantitative estimate of drug-likeness (QED) is 0.161. The molecular formula is C55H35N7. The Kier molecular flexibility index (Phi) is 8.35. The largest absolute Gasteiger partial charge is 0.309 e. The molecule has 4 aromatic heterocycles. The number of para-hydroxylation sites is 3. The third kappa shape index (κ3) is 6.02. The first kappa shape index (κ1) is 35.4. The predicted molar refractivity (Wildman–Crippen MR) is 251 cm³/mol. The Balaban J connectivity index is 1.05. The molecule has 0 amide bonds. The molecule has 4 heterocycles. The van der Waals surface area contributed by atoms with Crippen molar-refractivity contribution in [3.63, 3.8) is 0 Å². The van der Waals surface area contributed by atoms with Crippen LogP contribution in [0.3, 0.4) is 0 Å². The van der Waals surface area contributed by atoms with E-state index in [-0.39, 0.29) is 0 Å². The summed E-state index contributed by atoms with van der Waals surface area (Å²) in [5.41, 5.74) is 11.8. The molecule has 0 atom stereocenters. The van der Waals surface area contributed by atoms with Gasteiger partial charge in [-0.05, 0) is 42.5 Å². The maximum Gasteiger partial charge on any atom is 0.238 e. The number of fused-ring (bicyclic) bond motifs is 6. The van der Waals surface area contributed by atoms with Crippen molar-refractivity contribution >= 4 is 43.6 Å². The summed E-state index contributed by atoms with van der Waals surface area (Å²) in [6.45, 7) is 0. The molecule has 7 heteroatoms. The number of benzene rings is 8. The highest BCUT2D eigenvalue weighted by Crippen LogP contribution is 2.40. The summed E-state index contributed by atoms with van der Waals surface area (Å²) in [6, 6.07) is 73.2. The summed E-state index contributed by atoms with van der Waals surface area (Å²) in [7, 11) is 0. The van der Waals surface area contributed by atoms with E-state index in [0.717, 1.165) is 77.7 Å². The van der Waals surface area contributed by atoms with Crippen molar-refractivity contribution in [3.05, 3.63) is 212 Å². The van der Waals surface area contributed by atoms with Crippen LogP contribution < -0.4 is 0 Å². The molecule has 0 bridgehead atoms. The van der Waals surface area contributed by atoms with Crippen LogP contribution in [0.1, 0.15) is 0 Å². The van der Waals surface area contributed by atoms with Gasteiger partial charge in [-0.25, -0.2) is 15.0 Å². The van der Waals surface area contributed by atoms with E-state index in [0.29, 0.717) is 23.4 Å². The van der Waals surface area contributed by atoms with E-state index >= 15 is 0 Å². The van der Waals surface area contributed by atoms with Gasteiger partial charge in [0.15, 0.2) is 17.5 Å². The Morgan fingerprint density at radius 1 is 0.258 bits per heavy atom. The van der Waals surface area contributed by atoms with E-state index in [1.165, 1.54) is 10.8 Å². The second kappa shape index (κ2) is 14.6. The van der Waals surface area contributed by atoms with Crippen LogP contribution in [-0.4, -0.2) is 34.1 Å². The van der Waals surface area contributed by atoms with Gasteiger partial charge in [-0.1, -0.05) is 170 Å². The maximum atomic E-state index is 5.29. The molecule has 0 aliphatic rings. The molecular weight excluding hydrogens is 759 g/mol. The van der Waals surface area contributed by atoms with Crippen LogP contribution in [0.2, 0.25) is 0 Å². The Morgan fingerprint density at radius 2 is 0.661 bits per heavy atom. The monoisotopic (exact) mass is 793 g/mol. The van der Waals surface area contributed by atoms with Crippen molar-refractivity contribution in [1.82, 2.24) is 34.1 Å². The molecule has 12 aromatic rings. The Hall–Kier alpha value is -8.55. The fourth-order valence-corrected chi connectivity index (χ4v) is 8.67. The first-order valence-electron chi connectivity index (χ1n) is 20.7. The summed E-state index contributed by atoms with van der Waals surface area (Å²) in [5.74, 6) is 2.33. The van der Waals surface area contributed by atoms with Crippen LogP contribution in [-0.2, 0) is 0 Å². The van der Waals surface area contributed by atoms with Gasteiger partial charge in [-0.3, -0.25) is 4.57 Å². The molecule has 0 fully saturated rings. The van der Waals surface area contributed by atoms with Gasteiger partial charge in [0.25, 0.3) is 0 Å². The maximum absolute atomic E-state index is 5.29. The zero-order valence-electron chi connectivity index (χ0n) is 33.3. The number of hydrogen-bond donors (Lipinski definition) is 0. The van der Waals surface area contributed by atoms with Crippen LogP contribution in [0.5, 0.6) is 0 Å². The minimum Gasteiger partial charge on any atom is -0.309 e. The number of rotatable bonds is 7. The lowest BCUT2D eigenvalue weighted by atomic mass is 10.1. The summed E-state index contributed by atoms with van der Waals surface area (Å²) in [6.07, 6.45) is 0. The molecule has 12 rings (SSSR count). The standard InChI is InChI=1S/C55H35N7/c1-5-17-36(18-6-1)46-34-47(37-19-7-2-8-20-37)57-52(56-46)39-29-31-40(32-30-39)54-58-53(38-21-9-3-10-22-38)59-55(60-54)62-49-28-16-14-26-43(49)45-33-44-42-25-13-15-27-48(42)61(50(44)35-51(45)62)41-23-11-4-12-24-41/h1-35H. The topological polar surface area (TPSA) is 74.3 Å². The second-order valence-corrected chi connectivity index (χ2v) is 15.3. The lowest BCUT2D eigenvalue weighted by Gasteiger charge is -2.12. The van der Waals surface area contributed by atoms with Gasteiger partial charge in [0, 0.05) is 55.0 Å². The fourth-order valence-electron chi connectivity index (χ4n) is 8.67. The molecule has 62 heavy (non-hydrogen) atoms. The zero-order chi connectivity index (χ0) is 41.0. The first-order valence-corrected chi connectivity index (χ1v) is 20.7. The average molecular weight is 794 g/mol. The lowest BCUT2D eigenvalue weighted by molar-refractivity contribution is 0.953. The Morgan fingerprint density at radius 3 is 1.19 bits per heavy atom.